The van der Waals surface area contributed by atoms with E-state index in [2.05, 4.69) is 38.1 Å². The third-order valence-corrected chi connectivity index (χ3v) is 4.98. The lowest BCUT2D eigenvalue weighted by Crippen LogP contribution is -2.30. The molecule has 0 aliphatic carbocycles. The van der Waals surface area contributed by atoms with Gasteiger partial charge in [-0.3, -0.25) is 9.78 Å². The molecule has 1 atom stereocenters. The second-order valence-electron chi connectivity index (χ2n) is 6.88. The fourth-order valence-electron chi connectivity index (χ4n) is 3.49. The number of tetrazole rings is 1. The molecule has 1 aliphatic heterocycles. The largest absolute Gasteiger partial charge is 0.322 e. The van der Waals surface area contributed by atoms with Gasteiger partial charge in [0, 0.05) is 18.9 Å². The van der Waals surface area contributed by atoms with Crippen molar-refractivity contribution >= 4 is 17.2 Å². The third kappa shape index (κ3) is 3.77. The lowest BCUT2D eigenvalue weighted by atomic mass is 9.89. The zero-order chi connectivity index (χ0) is 20.4. The van der Waals surface area contributed by atoms with E-state index in [-0.39, 0.29) is 11.6 Å². The van der Waals surface area contributed by atoms with Gasteiger partial charge in [0.15, 0.2) is 11.6 Å². The number of nitrogens with one attached hydrogen (secondary N) is 2. The number of carbonyl (C=O) groups is 1. The smallest absolute Gasteiger partial charge is 0.258 e. The molecule has 3 heterocycles. The van der Waals surface area contributed by atoms with Gasteiger partial charge in [0.25, 0.3) is 5.91 Å². The van der Waals surface area contributed by atoms with Gasteiger partial charge < -0.3 is 10.6 Å². The first-order chi connectivity index (χ1) is 14.0. The highest BCUT2D eigenvalue weighted by molar-refractivity contribution is 6.04. The molecule has 1 aromatic carbocycles. The molecule has 1 aliphatic rings. The molecule has 2 N–H and O–H groups in total. The van der Waals surface area contributed by atoms with Crippen LogP contribution in [0.1, 0.15) is 41.1 Å². The Morgan fingerprint density at radius 2 is 2.07 bits per heavy atom. The van der Waals surface area contributed by atoms with Gasteiger partial charge in [-0.25, -0.2) is 9.07 Å². The summed E-state index contributed by atoms with van der Waals surface area (Å²) < 4.78 is 15.4. The summed E-state index contributed by atoms with van der Waals surface area (Å²) in [7, 11) is 1.81. The normalized spacial score (nSPS) is 16.7. The van der Waals surface area contributed by atoms with Crippen molar-refractivity contribution in [2.24, 2.45) is 7.05 Å². The van der Waals surface area contributed by atoms with E-state index in [4.69, 9.17) is 0 Å². The summed E-state index contributed by atoms with van der Waals surface area (Å²) in [4.78, 5) is 16.0. The van der Waals surface area contributed by atoms with Crippen molar-refractivity contribution in [3.63, 3.8) is 0 Å². The van der Waals surface area contributed by atoms with Crippen LogP contribution in [0.15, 0.2) is 48.3 Å². The van der Waals surface area contributed by atoms with E-state index in [1.165, 1.54) is 17.8 Å². The Bertz CT molecular complexity index is 1070. The Hall–Kier alpha value is -3.46. The van der Waals surface area contributed by atoms with Crippen LogP contribution in [0.3, 0.4) is 0 Å². The van der Waals surface area contributed by atoms with Crippen molar-refractivity contribution in [3.8, 4) is 0 Å². The number of aryl methyl sites for hydroxylation is 1. The molecule has 2 aromatic heterocycles. The van der Waals surface area contributed by atoms with Crippen molar-refractivity contribution in [3.05, 3.63) is 71.1 Å². The second kappa shape index (κ2) is 7.88. The van der Waals surface area contributed by atoms with Crippen molar-refractivity contribution in [1.29, 1.82) is 0 Å². The molecule has 0 fully saturated rings. The average molecular weight is 393 g/mol. The molecule has 0 saturated heterocycles. The Morgan fingerprint density at radius 3 is 2.76 bits per heavy atom. The molecular weight excluding hydrogens is 373 g/mol. The van der Waals surface area contributed by atoms with Gasteiger partial charge in [0.2, 0.25) is 0 Å². The van der Waals surface area contributed by atoms with Crippen LogP contribution in [0.5, 0.6) is 0 Å². The fourth-order valence-corrected chi connectivity index (χ4v) is 3.49. The molecule has 1 unspecified atom stereocenters. The summed E-state index contributed by atoms with van der Waals surface area (Å²) in [5.74, 6) is -0.434. The van der Waals surface area contributed by atoms with E-state index in [0.29, 0.717) is 5.69 Å². The minimum atomic E-state index is -0.657. The Labute approximate surface area is 166 Å². The van der Waals surface area contributed by atoms with Gasteiger partial charge in [0.1, 0.15) is 0 Å². The van der Waals surface area contributed by atoms with Gasteiger partial charge in [-0.2, -0.15) is 0 Å². The Kier molecular flexibility index (Phi) is 5.13. The highest BCUT2D eigenvalue weighted by Gasteiger charge is 2.27. The molecule has 148 valence electrons. The summed E-state index contributed by atoms with van der Waals surface area (Å²) in [5, 5.41) is 18.0. The lowest BCUT2D eigenvalue weighted by Gasteiger charge is -2.28. The van der Waals surface area contributed by atoms with Gasteiger partial charge in [-0.1, -0.05) is 17.7 Å². The molecule has 29 heavy (non-hydrogen) atoms. The van der Waals surface area contributed by atoms with Crippen molar-refractivity contribution in [1.82, 2.24) is 30.5 Å². The maximum atomic E-state index is 13.7. The monoisotopic (exact) mass is 393 g/mol. The predicted octanol–water partition coefficient (Wildman–Crippen LogP) is 2.50. The number of hydrogen-bond acceptors (Lipinski definition) is 6. The maximum Gasteiger partial charge on any atom is 0.258 e. The summed E-state index contributed by atoms with van der Waals surface area (Å²) in [6.45, 7) is 2.95. The van der Waals surface area contributed by atoms with Gasteiger partial charge >= 0.3 is 0 Å². The first kappa shape index (κ1) is 18.9. The van der Waals surface area contributed by atoms with Gasteiger partial charge in [0.05, 0.1) is 17.8 Å². The van der Waals surface area contributed by atoms with E-state index in [1.807, 2.05) is 19.2 Å². The maximum absolute atomic E-state index is 13.7. The predicted molar refractivity (Wildman–Crippen MR) is 105 cm³/mol. The highest BCUT2D eigenvalue weighted by atomic mass is 19.1. The number of aromatic nitrogens is 5. The molecular formula is C20H20FN7O. The van der Waals surface area contributed by atoms with Gasteiger partial charge in [-0.15, -0.1) is 5.10 Å². The van der Waals surface area contributed by atoms with Crippen LogP contribution in [0.25, 0.3) is 5.57 Å². The topological polar surface area (TPSA) is 97.6 Å². The summed E-state index contributed by atoms with van der Waals surface area (Å²) in [5.41, 5.74) is 3.92. The standard InChI is InChI=1S/C20H20FN7O/c1-12-7-10-23-18(19-25-26-27-28(19)2)17(12)13-3-5-14(6-4-13)24-20(29)15-8-9-22-11-16(15)21/h3-6,8-9,11,18,23H,7,10H2,1-2H3,(H,24,29). The number of halogens is 1. The highest BCUT2D eigenvalue weighted by Crippen LogP contribution is 2.35. The van der Waals surface area contributed by atoms with E-state index < -0.39 is 11.7 Å². The number of rotatable bonds is 4. The van der Waals surface area contributed by atoms with Crippen LogP contribution in [-0.2, 0) is 7.05 Å². The number of pyridine rings is 1. The third-order valence-electron chi connectivity index (χ3n) is 4.98. The SMILES string of the molecule is CC1=C(c2ccc(NC(=O)c3ccncc3F)cc2)C(c2nnnn2C)NCC1. The molecule has 1 amide bonds. The van der Waals surface area contributed by atoms with Crippen LogP contribution in [0.2, 0.25) is 0 Å². The number of nitrogens with zero attached hydrogens (tertiary/aromatic N) is 5. The first-order valence-electron chi connectivity index (χ1n) is 9.21. The minimum Gasteiger partial charge on any atom is -0.322 e. The number of anilines is 1. The Balaban J connectivity index is 1.59. The second-order valence-corrected chi connectivity index (χ2v) is 6.88. The van der Waals surface area contributed by atoms with E-state index in [1.54, 1.807) is 16.8 Å². The molecule has 0 spiro atoms. The van der Waals surface area contributed by atoms with E-state index in [9.17, 15) is 9.18 Å². The molecule has 0 saturated carbocycles. The van der Waals surface area contributed by atoms with Gasteiger partial charge in [-0.05, 0) is 59.7 Å². The van der Waals surface area contributed by atoms with Crippen LogP contribution in [-0.4, -0.2) is 37.6 Å². The van der Waals surface area contributed by atoms with Crippen LogP contribution >= 0.6 is 0 Å². The van der Waals surface area contributed by atoms with Crippen LogP contribution in [0, 0.1) is 5.82 Å². The molecule has 8 nitrogen and oxygen atoms in total. The van der Waals surface area contributed by atoms with Crippen LogP contribution < -0.4 is 10.6 Å². The average Bonchev–Trinajstić information content (AvgIpc) is 3.14. The molecule has 9 heteroatoms. The van der Waals surface area contributed by atoms with E-state index in [0.717, 1.165) is 36.1 Å². The van der Waals surface area contributed by atoms with Crippen molar-refractivity contribution in [2.45, 2.75) is 19.4 Å². The zero-order valence-corrected chi connectivity index (χ0v) is 16.1. The molecule has 4 rings (SSSR count). The molecule has 0 radical (unpaired) electrons. The Morgan fingerprint density at radius 1 is 1.28 bits per heavy atom. The van der Waals surface area contributed by atoms with Crippen molar-refractivity contribution in [2.75, 3.05) is 11.9 Å². The fraction of sp³-hybridized carbons (Fsp3) is 0.250. The summed E-state index contributed by atoms with van der Waals surface area (Å²) >= 11 is 0. The quantitative estimate of drug-likeness (QED) is 0.707. The van der Waals surface area contributed by atoms with E-state index >= 15 is 0 Å². The number of hydrogen-bond donors (Lipinski definition) is 2. The lowest BCUT2D eigenvalue weighted by molar-refractivity contribution is 0.102. The number of carbonyl (C=O) groups excluding carboxylic acids is 1. The zero-order valence-electron chi connectivity index (χ0n) is 16.1. The molecule has 0 bridgehead atoms. The summed E-state index contributed by atoms with van der Waals surface area (Å²) in [6, 6.07) is 8.69. The number of amides is 1. The number of benzene rings is 1. The molecule has 3 aromatic rings. The minimum absolute atomic E-state index is 0.0473. The van der Waals surface area contributed by atoms with Crippen LogP contribution in [0.4, 0.5) is 10.1 Å². The first-order valence-corrected chi connectivity index (χ1v) is 9.21. The van der Waals surface area contributed by atoms with Crippen molar-refractivity contribution < 1.29 is 9.18 Å². The summed E-state index contributed by atoms with van der Waals surface area (Å²) in [6.07, 6.45) is 3.33.